The summed E-state index contributed by atoms with van der Waals surface area (Å²) in [6, 6.07) is 13.1. The van der Waals surface area contributed by atoms with Crippen LogP contribution in [0.5, 0.6) is 5.75 Å². The molecule has 0 unspecified atom stereocenters. The lowest BCUT2D eigenvalue weighted by Gasteiger charge is -2.27. The van der Waals surface area contributed by atoms with Gasteiger partial charge in [-0.3, -0.25) is 15.1 Å². The molecule has 0 aliphatic heterocycles. The van der Waals surface area contributed by atoms with Gasteiger partial charge in [0.05, 0.1) is 16.4 Å². The van der Waals surface area contributed by atoms with Crippen LogP contribution in [0.25, 0.3) is 10.8 Å². The van der Waals surface area contributed by atoms with Crippen LogP contribution in [0.15, 0.2) is 54.9 Å². The van der Waals surface area contributed by atoms with E-state index in [0.717, 1.165) is 35.2 Å². The molecule has 2 aromatic carbocycles. The molecule has 1 heterocycles. The van der Waals surface area contributed by atoms with Gasteiger partial charge in [0, 0.05) is 41.6 Å². The zero-order valence-electron chi connectivity index (χ0n) is 14.2. The van der Waals surface area contributed by atoms with E-state index in [0.29, 0.717) is 18.0 Å². The van der Waals surface area contributed by atoms with Crippen molar-refractivity contribution in [1.82, 2.24) is 4.98 Å². The van der Waals surface area contributed by atoms with Crippen molar-refractivity contribution in [3.63, 3.8) is 0 Å². The average Bonchev–Trinajstić information content (AvgIpc) is 2.63. The molecule has 4 rings (SSSR count). The number of non-ortho nitro benzene ring substituents is 1. The van der Waals surface area contributed by atoms with Gasteiger partial charge in [-0.15, -0.1) is 0 Å². The Balaban J connectivity index is 1.59. The van der Waals surface area contributed by atoms with E-state index in [1.807, 2.05) is 24.3 Å². The number of anilines is 1. The number of ether oxygens (including phenoxy) is 1. The van der Waals surface area contributed by atoms with Crippen LogP contribution in [-0.4, -0.2) is 16.0 Å². The Morgan fingerprint density at radius 2 is 2.00 bits per heavy atom. The van der Waals surface area contributed by atoms with Gasteiger partial charge in [-0.05, 0) is 37.5 Å². The van der Waals surface area contributed by atoms with Gasteiger partial charge in [-0.2, -0.15) is 0 Å². The summed E-state index contributed by atoms with van der Waals surface area (Å²) in [5.74, 6) is 0.901. The predicted octanol–water partition coefficient (Wildman–Crippen LogP) is 4.69. The molecule has 0 atom stereocenters. The standard InChI is InChI=1S/C20H19N3O3/c24-23(25)19-9-8-18(16-10-11-21-13-17(16)19)22-12-14-4-1-2-7-20(14)26-15-5-3-6-15/h1-2,4,7-11,13,15,22H,3,5-6,12H2. The summed E-state index contributed by atoms with van der Waals surface area (Å²) in [6.07, 6.45) is 6.96. The van der Waals surface area contributed by atoms with Crippen LogP contribution in [-0.2, 0) is 6.54 Å². The molecule has 1 aliphatic carbocycles. The first-order chi connectivity index (χ1) is 12.7. The van der Waals surface area contributed by atoms with Crippen LogP contribution in [0, 0.1) is 10.1 Å². The zero-order valence-corrected chi connectivity index (χ0v) is 14.2. The molecule has 0 bridgehead atoms. The monoisotopic (exact) mass is 349 g/mol. The highest BCUT2D eigenvalue weighted by molar-refractivity contribution is 5.99. The number of para-hydroxylation sites is 1. The largest absolute Gasteiger partial charge is 0.490 e. The first-order valence-corrected chi connectivity index (χ1v) is 8.72. The number of pyridine rings is 1. The Labute approximate surface area is 151 Å². The van der Waals surface area contributed by atoms with E-state index in [9.17, 15) is 10.1 Å². The van der Waals surface area contributed by atoms with E-state index in [4.69, 9.17) is 4.74 Å². The number of hydrogen-bond acceptors (Lipinski definition) is 5. The molecule has 3 aromatic rings. The number of nitro benzene ring substituents is 1. The van der Waals surface area contributed by atoms with Crippen molar-refractivity contribution in [2.45, 2.75) is 31.9 Å². The van der Waals surface area contributed by atoms with Crippen molar-refractivity contribution in [2.24, 2.45) is 0 Å². The van der Waals surface area contributed by atoms with Gasteiger partial charge in [0.25, 0.3) is 5.69 Å². The molecule has 6 nitrogen and oxygen atoms in total. The molecule has 6 heteroatoms. The maximum absolute atomic E-state index is 11.2. The highest BCUT2D eigenvalue weighted by Crippen LogP contribution is 2.32. The molecule has 0 amide bonds. The van der Waals surface area contributed by atoms with E-state index in [-0.39, 0.29) is 10.6 Å². The Bertz CT molecular complexity index is 954. The number of hydrogen-bond donors (Lipinski definition) is 1. The summed E-state index contributed by atoms with van der Waals surface area (Å²) in [5, 5.41) is 15.9. The van der Waals surface area contributed by atoms with Gasteiger partial charge in [-0.25, -0.2) is 0 Å². The molecule has 1 saturated carbocycles. The number of fused-ring (bicyclic) bond motifs is 1. The Morgan fingerprint density at radius 3 is 2.77 bits per heavy atom. The molecule has 26 heavy (non-hydrogen) atoms. The first-order valence-electron chi connectivity index (χ1n) is 8.72. The van der Waals surface area contributed by atoms with Crippen LogP contribution < -0.4 is 10.1 Å². The Hall–Kier alpha value is -3.15. The lowest BCUT2D eigenvalue weighted by Crippen LogP contribution is -2.25. The molecule has 1 aromatic heterocycles. The SMILES string of the molecule is O=[N+]([O-])c1ccc(NCc2ccccc2OC2CCC2)c2ccncc12. The number of rotatable bonds is 6. The van der Waals surface area contributed by atoms with Crippen molar-refractivity contribution in [1.29, 1.82) is 0 Å². The number of benzene rings is 2. The lowest BCUT2D eigenvalue weighted by atomic mass is 9.96. The van der Waals surface area contributed by atoms with E-state index < -0.39 is 0 Å². The van der Waals surface area contributed by atoms with Crippen LogP contribution in [0.4, 0.5) is 11.4 Å². The van der Waals surface area contributed by atoms with Crippen LogP contribution in [0.1, 0.15) is 24.8 Å². The third-order valence-electron chi connectivity index (χ3n) is 4.78. The fraction of sp³-hybridized carbons (Fsp3) is 0.250. The molecule has 1 N–H and O–H groups in total. The highest BCUT2D eigenvalue weighted by atomic mass is 16.6. The second-order valence-electron chi connectivity index (χ2n) is 6.44. The summed E-state index contributed by atoms with van der Waals surface area (Å²) in [4.78, 5) is 14.9. The quantitative estimate of drug-likeness (QED) is 0.516. The van der Waals surface area contributed by atoms with Gasteiger partial charge in [-0.1, -0.05) is 18.2 Å². The van der Waals surface area contributed by atoms with Gasteiger partial charge in [0.15, 0.2) is 0 Å². The number of nitrogens with zero attached hydrogens (tertiary/aromatic N) is 2. The van der Waals surface area contributed by atoms with Gasteiger partial charge >= 0.3 is 0 Å². The molecular formula is C20H19N3O3. The highest BCUT2D eigenvalue weighted by Gasteiger charge is 2.20. The van der Waals surface area contributed by atoms with Gasteiger partial charge < -0.3 is 10.1 Å². The summed E-state index contributed by atoms with van der Waals surface area (Å²) in [6.45, 7) is 0.581. The van der Waals surface area contributed by atoms with Gasteiger partial charge in [0.1, 0.15) is 5.75 Å². The Morgan fingerprint density at radius 1 is 1.15 bits per heavy atom. The van der Waals surface area contributed by atoms with E-state index in [1.54, 1.807) is 18.3 Å². The molecule has 0 spiro atoms. The minimum absolute atomic E-state index is 0.0624. The minimum Gasteiger partial charge on any atom is -0.490 e. The average molecular weight is 349 g/mol. The number of nitrogens with one attached hydrogen (secondary N) is 1. The second-order valence-corrected chi connectivity index (χ2v) is 6.44. The van der Waals surface area contributed by atoms with Crippen molar-refractivity contribution in [2.75, 3.05) is 5.32 Å². The van der Waals surface area contributed by atoms with E-state index in [2.05, 4.69) is 10.3 Å². The summed E-state index contributed by atoms with van der Waals surface area (Å²) >= 11 is 0. The minimum atomic E-state index is -0.379. The zero-order chi connectivity index (χ0) is 17.9. The topological polar surface area (TPSA) is 77.3 Å². The molecular weight excluding hydrogens is 330 g/mol. The maximum Gasteiger partial charge on any atom is 0.278 e. The van der Waals surface area contributed by atoms with Crippen LogP contribution >= 0.6 is 0 Å². The third kappa shape index (κ3) is 3.18. The van der Waals surface area contributed by atoms with Crippen LogP contribution in [0.2, 0.25) is 0 Å². The van der Waals surface area contributed by atoms with E-state index in [1.165, 1.54) is 18.7 Å². The van der Waals surface area contributed by atoms with Crippen molar-refractivity contribution in [3.05, 3.63) is 70.5 Å². The van der Waals surface area contributed by atoms with Crippen molar-refractivity contribution in [3.8, 4) is 5.75 Å². The van der Waals surface area contributed by atoms with Gasteiger partial charge in [0.2, 0.25) is 0 Å². The molecule has 1 fully saturated rings. The fourth-order valence-electron chi connectivity index (χ4n) is 3.11. The first kappa shape index (κ1) is 16.3. The lowest BCUT2D eigenvalue weighted by molar-refractivity contribution is -0.383. The smallest absolute Gasteiger partial charge is 0.278 e. The summed E-state index contributed by atoms with van der Waals surface area (Å²) in [7, 11) is 0. The molecule has 0 radical (unpaired) electrons. The van der Waals surface area contributed by atoms with E-state index >= 15 is 0 Å². The third-order valence-corrected chi connectivity index (χ3v) is 4.78. The van der Waals surface area contributed by atoms with Crippen molar-refractivity contribution < 1.29 is 9.66 Å². The van der Waals surface area contributed by atoms with Crippen LogP contribution in [0.3, 0.4) is 0 Å². The van der Waals surface area contributed by atoms with Crippen molar-refractivity contribution >= 4 is 22.1 Å². The second kappa shape index (κ2) is 7.00. The molecule has 1 aliphatic rings. The summed E-state index contributed by atoms with van der Waals surface area (Å²) in [5.41, 5.74) is 1.97. The normalized spacial score (nSPS) is 14.0. The predicted molar refractivity (Wildman–Crippen MR) is 100 cm³/mol. The number of nitro groups is 1. The molecule has 132 valence electrons. The molecule has 0 saturated heterocycles. The fourth-order valence-corrected chi connectivity index (χ4v) is 3.11. The Kier molecular flexibility index (Phi) is 4.39. The maximum atomic E-state index is 11.2. The number of aromatic nitrogens is 1. The summed E-state index contributed by atoms with van der Waals surface area (Å²) < 4.78 is 6.07.